The van der Waals surface area contributed by atoms with E-state index in [1.807, 2.05) is 18.2 Å². The van der Waals surface area contributed by atoms with Crippen LogP contribution in [-0.4, -0.2) is 86.7 Å². The minimum absolute atomic E-state index is 0.226. The number of alkyl halides is 2. The molecule has 0 bridgehead atoms. The first-order valence-corrected chi connectivity index (χ1v) is 11.3. The summed E-state index contributed by atoms with van der Waals surface area (Å²) >= 11 is 0. The number of hydrogen-bond acceptors (Lipinski definition) is 8. The molecule has 1 aromatic carbocycles. The van der Waals surface area contributed by atoms with Crippen molar-refractivity contribution in [1.82, 2.24) is 14.9 Å². The zero-order valence-corrected chi connectivity index (χ0v) is 20.2. The van der Waals surface area contributed by atoms with Gasteiger partial charge in [-0.2, -0.15) is 13.8 Å². The second-order valence-electron chi connectivity index (χ2n) is 8.99. The topological polar surface area (TPSA) is 77.1 Å². The maximum absolute atomic E-state index is 14.6. The number of methoxy groups -OCH3 is 1. The molecule has 34 heavy (non-hydrogen) atoms. The molecule has 11 heteroatoms. The number of aromatic nitrogens is 2. The van der Waals surface area contributed by atoms with Crippen molar-refractivity contribution in [1.29, 1.82) is 0 Å². The van der Waals surface area contributed by atoms with Crippen molar-refractivity contribution >= 4 is 34.7 Å². The molecule has 1 N–H and O–H groups in total. The van der Waals surface area contributed by atoms with E-state index in [-0.39, 0.29) is 23.5 Å². The molecule has 2 aliphatic heterocycles. The third-order valence-electron chi connectivity index (χ3n) is 6.29. The van der Waals surface area contributed by atoms with Crippen LogP contribution < -0.4 is 24.8 Å². The van der Waals surface area contributed by atoms with Crippen molar-refractivity contribution in [2.24, 2.45) is 0 Å². The predicted octanol–water partition coefficient (Wildman–Crippen LogP) is 2.81. The molecular formula is C23H31F2N7O2. The predicted molar refractivity (Wildman–Crippen MR) is 129 cm³/mol. The number of likely N-dealkylation sites (N-methyl/N-ethyl adjacent to an activating group) is 1. The van der Waals surface area contributed by atoms with Gasteiger partial charge < -0.3 is 29.7 Å². The number of nitrogens with one attached hydrogen (secondary N) is 1. The Bertz CT molecular complexity index is 1060. The third-order valence-corrected chi connectivity index (χ3v) is 6.29. The zero-order chi connectivity index (χ0) is 24.6. The van der Waals surface area contributed by atoms with Crippen LogP contribution >= 0.6 is 0 Å². The fraction of sp³-hybridized carbons (Fsp3) is 0.522. The number of carbonyl (C=O) groups is 1. The van der Waals surface area contributed by atoms with E-state index in [2.05, 4.69) is 32.1 Å². The minimum atomic E-state index is -3.53. The van der Waals surface area contributed by atoms with Crippen molar-refractivity contribution in [2.45, 2.75) is 25.8 Å². The lowest BCUT2D eigenvalue weighted by molar-refractivity contribution is -0.140. The van der Waals surface area contributed by atoms with Gasteiger partial charge in [-0.05, 0) is 39.1 Å². The maximum Gasteiger partial charge on any atom is 0.342 e. The number of benzene rings is 1. The maximum atomic E-state index is 14.6. The molecule has 1 aromatic heterocycles. The van der Waals surface area contributed by atoms with Crippen LogP contribution in [0.3, 0.4) is 0 Å². The van der Waals surface area contributed by atoms with Gasteiger partial charge in [-0.15, -0.1) is 0 Å². The molecule has 0 unspecified atom stereocenters. The number of rotatable bonds is 5. The largest absolute Gasteiger partial charge is 0.495 e. The number of ether oxygens (including phenoxy) is 1. The van der Waals surface area contributed by atoms with Gasteiger partial charge in [0.05, 0.1) is 25.5 Å². The van der Waals surface area contributed by atoms with Crippen LogP contribution in [0.4, 0.5) is 37.6 Å². The Labute approximate surface area is 198 Å². The first-order valence-electron chi connectivity index (χ1n) is 11.3. The summed E-state index contributed by atoms with van der Waals surface area (Å²) in [6, 6.07) is 5.56. The van der Waals surface area contributed by atoms with Crippen molar-refractivity contribution in [3.63, 3.8) is 0 Å². The number of amides is 1. The van der Waals surface area contributed by atoms with Crippen molar-refractivity contribution in [3.05, 3.63) is 24.4 Å². The summed E-state index contributed by atoms with van der Waals surface area (Å²) in [5.41, 5.74) is 1.94. The second kappa shape index (κ2) is 9.21. The van der Waals surface area contributed by atoms with Crippen LogP contribution in [0.1, 0.15) is 13.8 Å². The summed E-state index contributed by atoms with van der Waals surface area (Å²) < 4.78 is 34.6. The SMILES string of the molecule is COc1ccc(N2CCN(C)CC2)cc1Nc1ncc2c(n1)N(C(C)C)CC(F)(F)C(=O)N2C. The van der Waals surface area contributed by atoms with Gasteiger partial charge in [0.1, 0.15) is 11.4 Å². The number of carbonyl (C=O) groups excluding carboxylic acids is 1. The van der Waals surface area contributed by atoms with E-state index in [9.17, 15) is 13.6 Å². The highest BCUT2D eigenvalue weighted by atomic mass is 19.3. The highest BCUT2D eigenvalue weighted by Gasteiger charge is 2.47. The Morgan fingerprint density at radius 1 is 1.15 bits per heavy atom. The molecule has 0 atom stereocenters. The number of anilines is 5. The van der Waals surface area contributed by atoms with Crippen LogP contribution in [0, 0.1) is 0 Å². The minimum Gasteiger partial charge on any atom is -0.495 e. The Balaban J connectivity index is 1.68. The third kappa shape index (κ3) is 4.56. The van der Waals surface area contributed by atoms with E-state index in [4.69, 9.17) is 4.74 Å². The van der Waals surface area contributed by atoms with Crippen LogP contribution in [0.25, 0.3) is 0 Å². The molecule has 4 rings (SSSR count). The number of piperazine rings is 1. The fourth-order valence-corrected chi connectivity index (χ4v) is 4.19. The monoisotopic (exact) mass is 475 g/mol. The Kier molecular flexibility index (Phi) is 6.48. The summed E-state index contributed by atoms with van der Waals surface area (Å²) in [6.07, 6.45) is 1.40. The van der Waals surface area contributed by atoms with Gasteiger partial charge >= 0.3 is 5.92 Å². The van der Waals surface area contributed by atoms with E-state index in [1.54, 1.807) is 21.0 Å². The lowest BCUT2D eigenvalue weighted by atomic mass is 10.2. The Morgan fingerprint density at radius 2 is 1.85 bits per heavy atom. The van der Waals surface area contributed by atoms with E-state index in [1.165, 1.54) is 18.1 Å². The van der Waals surface area contributed by atoms with E-state index >= 15 is 0 Å². The molecule has 0 saturated carbocycles. The summed E-state index contributed by atoms with van der Waals surface area (Å²) in [5.74, 6) is -3.70. The molecular weight excluding hydrogens is 444 g/mol. The zero-order valence-electron chi connectivity index (χ0n) is 20.2. The molecule has 2 aromatic rings. The van der Waals surface area contributed by atoms with Gasteiger partial charge in [-0.3, -0.25) is 4.79 Å². The number of fused-ring (bicyclic) bond motifs is 1. The van der Waals surface area contributed by atoms with Crippen LogP contribution in [0.2, 0.25) is 0 Å². The van der Waals surface area contributed by atoms with Crippen LogP contribution in [0.5, 0.6) is 5.75 Å². The molecule has 2 aliphatic rings. The molecule has 1 fully saturated rings. The van der Waals surface area contributed by atoms with Gasteiger partial charge in [0.15, 0.2) is 5.82 Å². The van der Waals surface area contributed by atoms with E-state index in [0.29, 0.717) is 11.4 Å². The second-order valence-corrected chi connectivity index (χ2v) is 8.99. The molecule has 3 heterocycles. The molecule has 0 aliphatic carbocycles. The highest BCUT2D eigenvalue weighted by molar-refractivity contribution is 6.02. The summed E-state index contributed by atoms with van der Waals surface area (Å²) in [5, 5.41) is 3.19. The van der Waals surface area contributed by atoms with Crippen LogP contribution in [-0.2, 0) is 4.79 Å². The lowest BCUT2D eigenvalue weighted by Crippen LogP contribution is -2.47. The smallest absolute Gasteiger partial charge is 0.342 e. The van der Waals surface area contributed by atoms with Crippen LogP contribution in [0.15, 0.2) is 24.4 Å². The van der Waals surface area contributed by atoms with Gasteiger partial charge in [0.25, 0.3) is 5.91 Å². The van der Waals surface area contributed by atoms with Gasteiger partial charge in [-0.1, -0.05) is 0 Å². The highest BCUT2D eigenvalue weighted by Crippen LogP contribution is 2.38. The molecule has 1 amide bonds. The summed E-state index contributed by atoms with van der Waals surface area (Å²) in [7, 11) is 5.00. The Morgan fingerprint density at radius 3 is 2.50 bits per heavy atom. The molecule has 1 saturated heterocycles. The van der Waals surface area contributed by atoms with Crippen molar-refractivity contribution in [3.8, 4) is 5.75 Å². The standard InChI is InChI=1S/C23H31F2N7O2/c1-15(2)32-14-23(24,25)21(33)30(4)18-13-26-22(28-20(18)32)27-17-12-16(6-7-19(17)34-5)31-10-8-29(3)9-11-31/h6-7,12-13,15H,8-11,14H2,1-5H3,(H,26,27,28). The summed E-state index contributed by atoms with van der Waals surface area (Å²) in [4.78, 5) is 28.1. The number of halogens is 2. The average molecular weight is 476 g/mol. The number of hydrogen-bond donors (Lipinski definition) is 1. The van der Waals surface area contributed by atoms with Crippen molar-refractivity contribution < 1.29 is 18.3 Å². The average Bonchev–Trinajstić information content (AvgIpc) is 2.88. The van der Waals surface area contributed by atoms with Gasteiger partial charge in [0.2, 0.25) is 5.95 Å². The number of nitrogens with zero attached hydrogens (tertiary/aromatic N) is 6. The van der Waals surface area contributed by atoms with Gasteiger partial charge in [-0.25, -0.2) is 4.98 Å². The van der Waals surface area contributed by atoms with Crippen molar-refractivity contribution in [2.75, 3.05) is 73.9 Å². The normalized spacial score (nSPS) is 18.7. The Hall–Kier alpha value is -3.21. The fourth-order valence-electron chi connectivity index (χ4n) is 4.19. The van der Waals surface area contributed by atoms with Gasteiger partial charge in [0, 0.05) is 45.0 Å². The molecule has 184 valence electrons. The first kappa shape index (κ1) is 23.9. The molecule has 0 radical (unpaired) electrons. The quantitative estimate of drug-likeness (QED) is 0.708. The molecule has 0 spiro atoms. The van der Waals surface area contributed by atoms with E-state index < -0.39 is 18.4 Å². The van der Waals surface area contributed by atoms with E-state index in [0.717, 1.165) is 36.8 Å². The first-order chi connectivity index (χ1) is 16.1. The summed E-state index contributed by atoms with van der Waals surface area (Å²) in [6.45, 7) is 6.60. The molecule has 9 nitrogen and oxygen atoms in total. The lowest BCUT2D eigenvalue weighted by Gasteiger charge is -2.34.